The molecule has 62 valence electrons. The van der Waals surface area contributed by atoms with Crippen molar-refractivity contribution in [3.63, 3.8) is 0 Å². The summed E-state index contributed by atoms with van der Waals surface area (Å²) < 4.78 is 37.0. The molecule has 2 rings (SSSR count). The van der Waals surface area contributed by atoms with Crippen molar-refractivity contribution in [1.29, 1.82) is 0 Å². The minimum Gasteiger partial charge on any atom is -0.237 e. The summed E-state index contributed by atoms with van der Waals surface area (Å²) in [6.45, 7) is 0. The van der Waals surface area contributed by atoms with E-state index in [0.29, 0.717) is 6.42 Å². The lowest BCUT2D eigenvalue weighted by atomic mass is 10.1. The normalized spacial score (nSPS) is 41.9. The molecule has 0 spiro atoms. The molecule has 1 saturated carbocycles. The summed E-state index contributed by atoms with van der Waals surface area (Å²) in [6.07, 6.45) is 4.86. The Bertz CT molecular complexity index is 196. The fourth-order valence-corrected chi connectivity index (χ4v) is 3.46. The van der Waals surface area contributed by atoms with Gasteiger partial charge >= 0.3 is 9.08 Å². The first-order valence-electron chi connectivity index (χ1n) is 3.82. The molecule has 0 N–H and O–H groups in total. The van der Waals surface area contributed by atoms with E-state index in [2.05, 4.69) is 0 Å². The molecule has 2 aliphatic rings. The fourth-order valence-electron chi connectivity index (χ4n) is 2.16. The summed E-state index contributed by atoms with van der Waals surface area (Å²) >= 11 is 0. The molecule has 0 radical (unpaired) electrons. The number of fused-ring (bicyclic) bond motifs is 2. The topological polar surface area (TPSA) is 0 Å². The van der Waals surface area contributed by atoms with Gasteiger partial charge in [0.15, 0.2) is 0 Å². The van der Waals surface area contributed by atoms with E-state index in [0.717, 1.165) is 6.42 Å². The molecule has 0 nitrogen and oxygen atoms in total. The van der Waals surface area contributed by atoms with E-state index in [1.54, 1.807) is 6.08 Å². The summed E-state index contributed by atoms with van der Waals surface area (Å²) in [5, 5.41) is 0. The Balaban J connectivity index is 2.15. The zero-order valence-electron chi connectivity index (χ0n) is 5.93. The minimum absolute atomic E-state index is 0.147. The third-order valence-electron chi connectivity index (χ3n) is 2.70. The first-order valence-corrected chi connectivity index (χ1v) is 5.53. The van der Waals surface area contributed by atoms with Crippen LogP contribution in [0, 0.1) is 11.8 Å². The lowest BCUT2D eigenvalue weighted by Crippen LogP contribution is -2.26. The van der Waals surface area contributed by atoms with Gasteiger partial charge in [0, 0.05) is 5.54 Å². The Morgan fingerprint density at radius 2 is 1.82 bits per heavy atom. The molecular formula is C7H9F3Si. The molecule has 2 bridgehead atoms. The van der Waals surface area contributed by atoms with Crippen LogP contribution in [0.15, 0.2) is 12.2 Å². The summed E-state index contributed by atoms with van der Waals surface area (Å²) in [4.78, 5) is 0. The van der Waals surface area contributed by atoms with Crippen LogP contribution in [0.3, 0.4) is 0 Å². The van der Waals surface area contributed by atoms with Crippen LogP contribution in [0.2, 0.25) is 5.54 Å². The third kappa shape index (κ3) is 1.13. The van der Waals surface area contributed by atoms with Crippen LogP contribution in [0.5, 0.6) is 0 Å². The Morgan fingerprint density at radius 1 is 1.09 bits per heavy atom. The van der Waals surface area contributed by atoms with Gasteiger partial charge in [-0.05, 0) is 24.7 Å². The fraction of sp³-hybridized carbons (Fsp3) is 0.714. The predicted octanol–water partition coefficient (Wildman–Crippen LogP) is 2.80. The van der Waals surface area contributed by atoms with Crippen molar-refractivity contribution in [1.82, 2.24) is 0 Å². The van der Waals surface area contributed by atoms with Crippen molar-refractivity contribution < 1.29 is 12.3 Å². The third-order valence-corrected chi connectivity index (χ3v) is 4.20. The second kappa shape index (κ2) is 2.12. The maximum absolute atomic E-state index is 12.3. The van der Waals surface area contributed by atoms with Crippen LogP contribution >= 0.6 is 0 Å². The van der Waals surface area contributed by atoms with Gasteiger partial charge in [0.25, 0.3) is 0 Å². The first kappa shape index (κ1) is 7.40. The molecule has 0 aromatic heterocycles. The van der Waals surface area contributed by atoms with E-state index < -0.39 is 14.6 Å². The largest absolute Gasteiger partial charge is 0.619 e. The van der Waals surface area contributed by atoms with Crippen LogP contribution in [0.4, 0.5) is 12.3 Å². The Hall–Kier alpha value is -0.253. The standard InChI is InChI=1S/C7H9F3Si/c8-11(9,10)7-4-5-1-2-6(7)3-5/h1-2,5-7H,3-4H2/t5-,6+,7+/m1/s1. The van der Waals surface area contributed by atoms with E-state index in [1.165, 1.54) is 0 Å². The second-order valence-electron chi connectivity index (χ2n) is 3.43. The van der Waals surface area contributed by atoms with Crippen molar-refractivity contribution in [3.8, 4) is 0 Å². The molecule has 0 aliphatic heterocycles. The van der Waals surface area contributed by atoms with Crippen LogP contribution < -0.4 is 0 Å². The maximum atomic E-state index is 12.3. The molecule has 2 aliphatic carbocycles. The highest BCUT2D eigenvalue weighted by molar-refractivity contribution is 6.60. The van der Waals surface area contributed by atoms with Crippen LogP contribution in [0.25, 0.3) is 0 Å². The second-order valence-corrected chi connectivity index (χ2v) is 5.25. The average molecular weight is 178 g/mol. The van der Waals surface area contributed by atoms with Crippen LogP contribution in [0.1, 0.15) is 12.8 Å². The molecular weight excluding hydrogens is 169 g/mol. The maximum Gasteiger partial charge on any atom is 0.619 e. The number of hydrogen-bond acceptors (Lipinski definition) is 0. The summed E-state index contributed by atoms with van der Waals surface area (Å²) in [5.74, 6) is 0.103. The lowest BCUT2D eigenvalue weighted by molar-refractivity contribution is 0.410. The van der Waals surface area contributed by atoms with E-state index in [9.17, 15) is 12.3 Å². The Kier molecular flexibility index (Phi) is 1.43. The van der Waals surface area contributed by atoms with Gasteiger partial charge in [-0.15, -0.1) is 0 Å². The molecule has 0 aromatic carbocycles. The monoisotopic (exact) mass is 178 g/mol. The van der Waals surface area contributed by atoms with Gasteiger partial charge in [0.05, 0.1) is 0 Å². The van der Waals surface area contributed by atoms with Crippen molar-refractivity contribution in [2.75, 3.05) is 0 Å². The molecule has 0 saturated heterocycles. The quantitative estimate of drug-likeness (QED) is 0.329. The molecule has 0 heterocycles. The van der Waals surface area contributed by atoms with E-state index in [4.69, 9.17) is 0 Å². The van der Waals surface area contributed by atoms with Crippen LogP contribution in [-0.4, -0.2) is 9.08 Å². The van der Waals surface area contributed by atoms with Crippen molar-refractivity contribution in [2.45, 2.75) is 18.4 Å². The highest BCUT2D eigenvalue weighted by Gasteiger charge is 2.55. The summed E-state index contributed by atoms with van der Waals surface area (Å²) in [6, 6.07) is 0. The Labute approximate surface area is 64.6 Å². The molecule has 11 heavy (non-hydrogen) atoms. The molecule has 1 fully saturated rings. The predicted molar refractivity (Wildman–Crippen MR) is 38.2 cm³/mol. The van der Waals surface area contributed by atoms with Gasteiger partial charge in [-0.3, -0.25) is 0 Å². The molecule has 0 unspecified atom stereocenters. The van der Waals surface area contributed by atoms with Gasteiger partial charge in [0.1, 0.15) is 0 Å². The van der Waals surface area contributed by atoms with Crippen molar-refractivity contribution >= 4 is 9.08 Å². The molecule has 0 aromatic rings. The zero-order valence-corrected chi connectivity index (χ0v) is 6.93. The Morgan fingerprint density at radius 3 is 2.09 bits per heavy atom. The van der Waals surface area contributed by atoms with Gasteiger partial charge in [0.2, 0.25) is 0 Å². The van der Waals surface area contributed by atoms with E-state index in [1.807, 2.05) is 6.08 Å². The average Bonchev–Trinajstić information content (AvgIpc) is 2.42. The van der Waals surface area contributed by atoms with Gasteiger partial charge < -0.3 is 0 Å². The van der Waals surface area contributed by atoms with Crippen molar-refractivity contribution in [3.05, 3.63) is 12.2 Å². The number of rotatable bonds is 1. The van der Waals surface area contributed by atoms with Crippen molar-refractivity contribution in [2.24, 2.45) is 11.8 Å². The zero-order chi connectivity index (χ0) is 8.06. The number of hydrogen-bond donors (Lipinski definition) is 0. The summed E-state index contributed by atoms with van der Waals surface area (Å²) in [7, 11) is -5.33. The van der Waals surface area contributed by atoms with E-state index >= 15 is 0 Å². The number of allylic oxidation sites excluding steroid dienone is 2. The molecule has 3 atom stereocenters. The lowest BCUT2D eigenvalue weighted by Gasteiger charge is -2.17. The van der Waals surface area contributed by atoms with Crippen LogP contribution in [-0.2, 0) is 0 Å². The molecule has 4 heteroatoms. The summed E-state index contributed by atoms with van der Waals surface area (Å²) in [5.41, 5.74) is -0.905. The van der Waals surface area contributed by atoms with Gasteiger partial charge in [-0.25, -0.2) is 12.3 Å². The highest BCUT2D eigenvalue weighted by Crippen LogP contribution is 2.52. The number of halogens is 3. The molecule has 0 amide bonds. The first-order chi connectivity index (χ1) is 5.07. The SMILES string of the molecule is F[Si](F)(F)[C@H]1C[C@@H]2C=C[C@H]1C2. The van der Waals surface area contributed by atoms with Gasteiger partial charge in [-0.1, -0.05) is 12.2 Å². The highest BCUT2D eigenvalue weighted by atomic mass is 28.5. The van der Waals surface area contributed by atoms with Gasteiger partial charge in [-0.2, -0.15) is 0 Å². The minimum atomic E-state index is -5.33. The smallest absolute Gasteiger partial charge is 0.237 e. The van der Waals surface area contributed by atoms with E-state index in [-0.39, 0.29) is 11.8 Å².